The average Bonchev–Trinajstić information content (AvgIpc) is 3.89. The van der Waals surface area contributed by atoms with Gasteiger partial charge in [-0.1, -0.05) is 19.9 Å². The molecule has 328 valence electrons. The second-order valence-corrected chi connectivity index (χ2v) is 15.4. The Bertz CT molecular complexity index is 2620. The van der Waals surface area contributed by atoms with Crippen molar-refractivity contribution in [1.29, 1.82) is 0 Å². The molecule has 0 saturated carbocycles. The maximum Gasteiger partial charge on any atom is 0.256 e. The van der Waals surface area contributed by atoms with Crippen molar-refractivity contribution < 1.29 is 47.9 Å². The van der Waals surface area contributed by atoms with E-state index in [1.807, 2.05) is 13.8 Å². The van der Waals surface area contributed by atoms with Gasteiger partial charge in [-0.2, -0.15) is 19.2 Å². The highest BCUT2D eigenvalue weighted by atomic mass is 19.1. The Hall–Kier alpha value is -7.04. The number of aliphatic hydroxyl groups is 3. The van der Waals surface area contributed by atoms with E-state index < -0.39 is 41.1 Å². The van der Waals surface area contributed by atoms with Gasteiger partial charge in [-0.3, -0.25) is 9.59 Å². The first-order valence-electron chi connectivity index (χ1n) is 19.4. The molecule has 2 aromatic carbocycles. The SMILES string of the molecule is CNc1cc(Nc2cc(F)cc(F)c2OCCNc2cc(Nc3cccc4c3OCCO4)nc3c(C(=O)NCC(C)(C)CO)cnn23)nc2c(C(=O)NCC(C)(O)CO)cnn12. The summed E-state index contributed by atoms with van der Waals surface area (Å²) in [6, 6.07) is 10.2. The normalized spacial score (nSPS) is 13.4. The Morgan fingerprint density at radius 2 is 1.47 bits per heavy atom. The van der Waals surface area contributed by atoms with Crippen LogP contribution < -0.4 is 46.1 Å². The summed E-state index contributed by atoms with van der Waals surface area (Å²) >= 11 is 0. The molecule has 0 radical (unpaired) electrons. The Morgan fingerprint density at radius 3 is 2.13 bits per heavy atom. The number of carbonyl (C=O) groups is 2. The maximum absolute atomic E-state index is 15.5. The molecule has 0 saturated heterocycles. The first-order chi connectivity index (χ1) is 29.7. The van der Waals surface area contributed by atoms with Crippen molar-refractivity contribution in [2.45, 2.75) is 26.4 Å². The number of halogens is 2. The molecule has 22 heteroatoms. The third kappa shape index (κ3) is 9.46. The lowest BCUT2D eigenvalue weighted by Gasteiger charge is -2.22. The first kappa shape index (κ1) is 43.1. The number of aromatic nitrogens is 6. The number of aliphatic hydroxyl groups excluding tert-OH is 2. The Labute approximate surface area is 352 Å². The van der Waals surface area contributed by atoms with E-state index in [1.54, 1.807) is 31.3 Å². The summed E-state index contributed by atoms with van der Waals surface area (Å²) in [7, 11) is 1.61. The van der Waals surface area contributed by atoms with Gasteiger partial charge in [-0.15, -0.1) is 0 Å². The van der Waals surface area contributed by atoms with Gasteiger partial charge in [-0.05, 0) is 19.1 Å². The van der Waals surface area contributed by atoms with E-state index in [2.05, 4.69) is 47.1 Å². The molecule has 6 aromatic rings. The molecule has 0 aliphatic carbocycles. The van der Waals surface area contributed by atoms with Crippen LogP contribution in [0, 0.1) is 17.0 Å². The number of para-hydroxylation sites is 1. The summed E-state index contributed by atoms with van der Waals surface area (Å²) in [6.45, 7) is 4.79. The van der Waals surface area contributed by atoms with E-state index in [1.165, 1.54) is 34.4 Å². The summed E-state index contributed by atoms with van der Waals surface area (Å²) < 4.78 is 50.4. The zero-order chi connectivity index (χ0) is 44.2. The van der Waals surface area contributed by atoms with Crippen molar-refractivity contribution in [1.82, 2.24) is 39.8 Å². The zero-order valence-corrected chi connectivity index (χ0v) is 34.2. The second-order valence-electron chi connectivity index (χ2n) is 15.4. The molecule has 1 atom stereocenters. The molecular weight excluding hydrogens is 815 g/mol. The highest BCUT2D eigenvalue weighted by Gasteiger charge is 2.25. The number of benzene rings is 2. The summed E-state index contributed by atoms with van der Waals surface area (Å²) in [5, 5.41) is 55.5. The molecule has 9 N–H and O–H groups in total. The molecular formula is C40H46F2N12O8. The molecule has 1 aliphatic rings. The molecule has 7 rings (SSSR count). The molecule has 0 bridgehead atoms. The lowest BCUT2D eigenvalue weighted by Crippen LogP contribution is -2.43. The maximum atomic E-state index is 15.5. The number of nitrogens with zero attached hydrogens (tertiary/aromatic N) is 6. The summed E-state index contributed by atoms with van der Waals surface area (Å²) in [5.74, 6) is -1.19. The van der Waals surface area contributed by atoms with Crippen LogP contribution in [0.3, 0.4) is 0 Å². The van der Waals surface area contributed by atoms with Gasteiger partial charge in [0.1, 0.15) is 65.6 Å². The van der Waals surface area contributed by atoms with Gasteiger partial charge in [0.15, 0.2) is 34.4 Å². The van der Waals surface area contributed by atoms with E-state index in [0.717, 1.165) is 6.07 Å². The van der Waals surface area contributed by atoms with Gasteiger partial charge >= 0.3 is 0 Å². The van der Waals surface area contributed by atoms with E-state index in [0.29, 0.717) is 53.9 Å². The van der Waals surface area contributed by atoms with Crippen molar-refractivity contribution in [3.05, 3.63) is 77.6 Å². The number of rotatable bonds is 18. The van der Waals surface area contributed by atoms with Crippen LogP contribution in [-0.2, 0) is 0 Å². The van der Waals surface area contributed by atoms with E-state index >= 15 is 4.39 Å². The molecule has 0 spiro atoms. The number of nitrogens with one attached hydrogen (secondary N) is 6. The second kappa shape index (κ2) is 17.9. The Kier molecular flexibility index (Phi) is 12.4. The molecule has 62 heavy (non-hydrogen) atoms. The number of amides is 2. The lowest BCUT2D eigenvalue weighted by atomic mass is 9.95. The van der Waals surface area contributed by atoms with Gasteiger partial charge in [0.2, 0.25) is 0 Å². The van der Waals surface area contributed by atoms with Crippen LogP contribution in [0.25, 0.3) is 11.3 Å². The van der Waals surface area contributed by atoms with Gasteiger partial charge < -0.3 is 61.4 Å². The first-order valence-corrected chi connectivity index (χ1v) is 19.4. The fraction of sp³-hybridized carbons (Fsp3) is 0.350. The van der Waals surface area contributed by atoms with Gasteiger partial charge in [0, 0.05) is 56.4 Å². The molecule has 2 amide bonds. The highest BCUT2D eigenvalue weighted by molar-refractivity contribution is 6.01. The predicted molar refractivity (Wildman–Crippen MR) is 223 cm³/mol. The van der Waals surface area contributed by atoms with Crippen LogP contribution >= 0.6 is 0 Å². The molecule has 20 nitrogen and oxygen atoms in total. The van der Waals surface area contributed by atoms with Crippen LogP contribution in [0.15, 0.2) is 54.9 Å². The number of carbonyl (C=O) groups excluding carboxylic acids is 2. The van der Waals surface area contributed by atoms with E-state index in [4.69, 9.17) is 19.2 Å². The third-order valence-corrected chi connectivity index (χ3v) is 9.57. The topological polar surface area (TPSA) is 255 Å². The minimum atomic E-state index is -1.57. The standard InChI is InChI=1S/C40H46F2N12O8/c1-39(2,20-55)18-45-37(57)24-17-48-54-32(15-30(52-36(24)54)49-26-6-5-7-28-34(26)62-11-10-60-28)44-8-9-61-33-25(42)12-22(41)13-27(33)50-29-14-31(43-4)53-35(51-29)23(16-47-53)38(58)46-19-40(3,59)21-56/h5-7,12-17,43-44,55-56,59H,8-11,18-21H2,1-4H3,(H,45,57)(H,46,58)(H,49,52)(H,50,51). The van der Waals surface area contributed by atoms with Crippen molar-refractivity contribution in [2.24, 2.45) is 5.41 Å². The fourth-order valence-electron chi connectivity index (χ4n) is 6.15. The predicted octanol–water partition coefficient (Wildman–Crippen LogP) is 3.06. The minimum absolute atomic E-state index is 0.0245. The van der Waals surface area contributed by atoms with Crippen LogP contribution in [-0.4, -0.2) is 122 Å². The minimum Gasteiger partial charge on any atom is -0.486 e. The lowest BCUT2D eigenvalue weighted by molar-refractivity contribution is 0.00321. The Balaban J connectivity index is 1.12. The fourth-order valence-corrected chi connectivity index (χ4v) is 6.15. The number of ether oxygens (including phenoxy) is 3. The van der Waals surface area contributed by atoms with Crippen LogP contribution in [0.2, 0.25) is 0 Å². The zero-order valence-electron chi connectivity index (χ0n) is 34.2. The van der Waals surface area contributed by atoms with Crippen LogP contribution in [0.5, 0.6) is 17.2 Å². The van der Waals surface area contributed by atoms with Crippen LogP contribution in [0.4, 0.5) is 43.4 Å². The molecule has 0 fully saturated rings. The molecule has 1 aliphatic heterocycles. The van der Waals surface area contributed by atoms with Crippen molar-refractivity contribution in [3.63, 3.8) is 0 Å². The highest BCUT2D eigenvalue weighted by Crippen LogP contribution is 2.39. The number of hydrogen-bond donors (Lipinski definition) is 9. The largest absolute Gasteiger partial charge is 0.486 e. The molecule has 4 aromatic heterocycles. The summed E-state index contributed by atoms with van der Waals surface area (Å²) in [5.41, 5.74) is -1.25. The van der Waals surface area contributed by atoms with Crippen molar-refractivity contribution >= 4 is 57.8 Å². The van der Waals surface area contributed by atoms with Crippen molar-refractivity contribution in [3.8, 4) is 17.2 Å². The van der Waals surface area contributed by atoms with E-state index in [-0.39, 0.29) is 72.5 Å². The van der Waals surface area contributed by atoms with Crippen molar-refractivity contribution in [2.75, 3.05) is 81.0 Å². The number of anilines is 6. The quantitative estimate of drug-likeness (QED) is 0.0563. The molecule has 5 heterocycles. The Morgan fingerprint density at radius 1 is 0.839 bits per heavy atom. The third-order valence-electron chi connectivity index (χ3n) is 9.57. The number of fused-ring (bicyclic) bond motifs is 3. The summed E-state index contributed by atoms with van der Waals surface area (Å²) in [6.07, 6.45) is 2.64. The van der Waals surface area contributed by atoms with Gasteiger partial charge in [0.05, 0.1) is 36.9 Å². The average molecular weight is 861 g/mol. The van der Waals surface area contributed by atoms with Gasteiger partial charge in [-0.25, -0.2) is 18.7 Å². The smallest absolute Gasteiger partial charge is 0.256 e. The summed E-state index contributed by atoms with van der Waals surface area (Å²) in [4.78, 5) is 35.6. The number of hydrogen-bond acceptors (Lipinski definition) is 16. The van der Waals surface area contributed by atoms with Crippen LogP contribution in [0.1, 0.15) is 41.5 Å². The monoisotopic (exact) mass is 860 g/mol. The van der Waals surface area contributed by atoms with E-state index in [9.17, 15) is 29.3 Å². The molecule has 1 unspecified atom stereocenters. The van der Waals surface area contributed by atoms with Gasteiger partial charge in [0.25, 0.3) is 11.8 Å².